The fourth-order valence-electron chi connectivity index (χ4n) is 2.00. The lowest BCUT2D eigenvalue weighted by Crippen LogP contribution is -2.54. The molecule has 0 radical (unpaired) electrons. The van der Waals surface area contributed by atoms with Gasteiger partial charge in [-0.3, -0.25) is 0 Å². The van der Waals surface area contributed by atoms with Crippen LogP contribution in [0.15, 0.2) is 0 Å². The average Bonchev–Trinajstić information content (AvgIpc) is 2.40. The number of nitrogens with zero attached hydrogens (tertiary/aromatic N) is 1. The van der Waals surface area contributed by atoms with Crippen LogP contribution < -0.4 is 0 Å². The number of ether oxygens (including phenoxy) is 1. The Labute approximate surface area is 69.5 Å². The first-order chi connectivity index (χ1) is 5.31. The van der Waals surface area contributed by atoms with E-state index in [1.165, 1.54) is 19.5 Å². The van der Waals surface area contributed by atoms with Crippen molar-refractivity contribution < 1.29 is 4.74 Å². The predicted octanol–water partition coefficient (Wildman–Crippen LogP) is 1.36. The van der Waals surface area contributed by atoms with Crippen molar-refractivity contribution in [3.05, 3.63) is 0 Å². The summed E-state index contributed by atoms with van der Waals surface area (Å²) in [6, 6.07) is 0. The second kappa shape index (κ2) is 3.55. The Kier molecular flexibility index (Phi) is 2.90. The molecule has 2 heteroatoms. The highest BCUT2D eigenvalue weighted by atomic mass is 16.5. The zero-order valence-corrected chi connectivity index (χ0v) is 7.89. The van der Waals surface area contributed by atoms with Crippen LogP contribution in [-0.4, -0.2) is 38.3 Å². The first-order valence-electron chi connectivity index (χ1n) is 4.57. The normalized spacial score (nSPS) is 27.5. The Balaban J connectivity index is 0.000000281. The lowest BCUT2D eigenvalue weighted by Gasteiger charge is -2.45. The Hall–Kier alpha value is -0.0800. The summed E-state index contributed by atoms with van der Waals surface area (Å²) in [4.78, 5) is 2.36. The van der Waals surface area contributed by atoms with E-state index in [0.29, 0.717) is 5.41 Å². The summed E-state index contributed by atoms with van der Waals surface area (Å²) in [6.45, 7) is 8.52. The van der Waals surface area contributed by atoms with E-state index in [0.717, 1.165) is 13.2 Å². The van der Waals surface area contributed by atoms with Crippen LogP contribution in [0.5, 0.6) is 0 Å². The molecule has 2 aliphatic heterocycles. The van der Waals surface area contributed by atoms with Gasteiger partial charge >= 0.3 is 0 Å². The summed E-state index contributed by atoms with van der Waals surface area (Å²) in [7, 11) is 2.17. The topological polar surface area (TPSA) is 12.5 Å². The van der Waals surface area contributed by atoms with Crippen molar-refractivity contribution in [2.24, 2.45) is 5.41 Å². The average molecular weight is 157 g/mol. The molecule has 2 heterocycles. The zero-order valence-electron chi connectivity index (χ0n) is 7.89. The predicted molar refractivity (Wildman–Crippen MR) is 46.7 cm³/mol. The first-order valence-corrected chi connectivity index (χ1v) is 4.57. The molecule has 0 amide bonds. The van der Waals surface area contributed by atoms with E-state index < -0.39 is 0 Å². The van der Waals surface area contributed by atoms with Gasteiger partial charge in [0.1, 0.15) is 0 Å². The van der Waals surface area contributed by atoms with Crippen molar-refractivity contribution in [3.63, 3.8) is 0 Å². The summed E-state index contributed by atoms with van der Waals surface area (Å²) in [6.07, 6.45) is 1.29. The van der Waals surface area contributed by atoms with E-state index in [4.69, 9.17) is 4.74 Å². The fraction of sp³-hybridized carbons (Fsp3) is 1.00. The van der Waals surface area contributed by atoms with Gasteiger partial charge in [-0.25, -0.2) is 0 Å². The van der Waals surface area contributed by atoms with Crippen LogP contribution in [0, 0.1) is 5.41 Å². The minimum absolute atomic E-state index is 0.592. The first kappa shape index (κ1) is 9.01. The maximum Gasteiger partial charge on any atom is 0.0547 e. The zero-order chi connectivity index (χ0) is 8.32. The van der Waals surface area contributed by atoms with Gasteiger partial charge < -0.3 is 9.64 Å². The lowest BCUT2D eigenvalue weighted by molar-refractivity contribution is 0.0124. The monoisotopic (exact) mass is 157 g/mol. The Morgan fingerprint density at radius 1 is 1.27 bits per heavy atom. The van der Waals surface area contributed by atoms with Crippen LogP contribution in [0.4, 0.5) is 0 Å². The maximum absolute atomic E-state index is 5.32. The van der Waals surface area contributed by atoms with Gasteiger partial charge in [0.05, 0.1) is 6.61 Å². The van der Waals surface area contributed by atoms with Crippen LogP contribution in [0.1, 0.15) is 20.3 Å². The number of hydrogen-bond acceptors (Lipinski definition) is 2. The largest absolute Gasteiger partial charge is 0.381 e. The van der Waals surface area contributed by atoms with E-state index in [9.17, 15) is 0 Å². The molecular formula is C9H19NO. The molecular weight excluding hydrogens is 138 g/mol. The second-order valence-corrected chi connectivity index (χ2v) is 3.47. The Morgan fingerprint density at radius 3 is 2.27 bits per heavy atom. The summed E-state index contributed by atoms with van der Waals surface area (Å²) < 4.78 is 5.32. The van der Waals surface area contributed by atoms with Crippen molar-refractivity contribution in [1.29, 1.82) is 0 Å². The lowest BCUT2D eigenvalue weighted by atomic mass is 9.80. The number of likely N-dealkylation sites (tertiary alicyclic amines) is 1. The van der Waals surface area contributed by atoms with E-state index in [-0.39, 0.29) is 0 Å². The minimum atomic E-state index is 0.592. The van der Waals surface area contributed by atoms with Crippen molar-refractivity contribution in [1.82, 2.24) is 4.90 Å². The van der Waals surface area contributed by atoms with Crippen molar-refractivity contribution in [2.75, 3.05) is 33.4 Å². The molecule has 0 saturated carbocycles. The van der Waals surface area contributed by atoms with E-state index in [1.807, 2.05) is 13.8 Å². The van der Waals surface area contributed by atoms with Gasteiger partial charge in [0.15, 0.2) is 0 Å². The van der Waals surface area contributed by atoms with Crippen LogP contribution in [0.25, 0.3) is 0 Å². The molecule has 0 N–H and O–H groups in total. The quantitative estimate of drug-likeness (QED) is 0.526. The van der Waals surface area contributed by atoms with Gasteiger partial charge in [0.25, 0.3) is 0 Å². The van der Waals surface area contributed by atoms with Crippen molar-refractivity contribution >= 4 is 0 Å². The van der Waals surface area contributed by atoms with Gasteiger partial charge in [0.2, 0.25) is 0 Å². The molecule has 0 aliphatic carbocycles. The van der Waals surface area contributed by atoms with Gasteiger partial charge in [-0.15, -0.1) is 0 Å². The highest BCUT2D eigenvalue weighted by Crippen LogP contribution is 2.36. The van der Waals surface area contributed by atoms with Gasteiger partial charge in [0, 0.05) is 25.1 Å². The van der Waals surface area contributed by atoms with Crippen LogP contribution in [-0.2, 0) is 4.74 Å². The smallest absolute Gasteiger partial charge is 0.0547 e. The van der Waals surface area contributed by atoms with Gasteiger partial charge in [-0.2, -0.15) is 0 Å². The van der Waals surface area contributed by atoms with E-state index in [2.05, 4.69) is 11.9 Å². The summed E-state index contributed by atoms with van der Waals surface area (Å²) in [5.41, 5.74) is 0.592. The maximum atomic E-state index is 5.32. The molecule has 0 atom stereocenters. The third-order valence-electron chi connectivity index (χ3n) is 2.40. The summed E-state index contributed by atoms with van der Waals surface area (Å²) >= 11 is 0. The molecule has 0 unspecified atom stereocenters. The molecule has 1 spiro atoms. The Bertz CT molecular complexity index is 111. The standard InChI is InChI=1S/C7H13NO.C2H6/c1-8-4-7(5-8)2-3-9-6-7;1-2/h2-6H2,1H3;1-2H3. The third-order valence-corrected chi connectivity index (χ3v) is 2.40. The molecule has 0 aromatic heterocycles. The van der Waals surface area contributed by atoms with Crippen LogP contribution >= 0.6 is 0 Å². The fourth-order valence-corrected chi connectivity index (χ4v) is 2.00. The molecule has 2 aliphatic rings. The van der Waals surface area contributed by atoms with Gasteiger partial charge in [-0.05, 0) is 13.5 Å². The third kappa shape index (κ3) is 1.74. The molecule has 2 nitrogen and oxygen atoms in total. The van der Waals surface area contributed by atoms with E-state index >= 15 is 0 Å². The second-order valence-electron chi connectivity index (χ2n) is 3.47. The molecule has 0 aromatic rings. The molecule has 2 rings (SSSR count). The number of rotatable bonds is 0. The number of hydrogen-bond donors (Lipinski definition) is 0. The van der Waals surface area contributed by atoms with Crippen LogP contribution in [0.3, 0.4) is 0 Å². The molecule has 66 valence electrons. The molecule has 0 aromatic carbocycles. The van der Waals surface area contributed by atoms with E-state index in [1.54, 1.807) is 0 Å². The molecule has 2 saturated heterocycles. The van der Waals surface area contributed by atoms with Crippen molar-refractivity contribution in [3.8, 4) is 0 Å². The van der Waals surface area contributed by atoms with Crippen molar-refractivity contribution in [2.45, 2.75) is 20.3 Å². The molecule has 0 bridgehead atoms. The Morgan fingerprint density at radius 2 is 1.91 bits per heavy atom. The summed E-state index contributed by atoms with van der Waals surface area (Å²) in [5.74, 6) is 0. The molecule has 11 heavy (non-hydrogen) atoms. The highest BCUT2D eigenvalue weighted by molar-refractivity contribution is 4.95. The minimum Gasteiger partial charge on any atom is -0.381 e. The van der Waals surface area contributed by atoms with Crippen LogP contribution in [0.2, 0.25) is 0 Å². The SMILES string of the molecule is CC.CN1CC2(CCOC2)C1. The highest BCUT2D eigenvalue weighted by Gasteiger charge is 2.43. The molecule has 2 fully saturated rings. The summed E-state index contributed by atoms with van der Waals surface area (Å²) in [5, 5.41) is 0. The van der Waals surface area contributed by atoms with Gasteiger partial charge in [-0.1, -0.05) is 13.8 Å².